The first-order valence-corrected chi connectivity index (χ1v) is 5.89. The normalized spacial score (nSPS) is 10.6. The lowest BCUT2D eigenvalue weighted by Crippen LogP contribution is -2.14. The van der Waals surface area contributed by atoms with E-state index in [0.717, 1.165) is 5.82 Å². The number of nitrogens with one attached hydrogen (secondary N) is 1. The third kappa shape index (κ3) is 3.16. The number of rotatable bonds is 4. The van der Waals surface area contributed by atoms with Gasteiger partial charge in [0.25, 0.3) is 0 Å². The largest absolute Gasteiger partial charge is 0.325 e. The first kappa shape index (κ1) is 12.3. The van der Waals surface area contributed by atoms with E-state index in [4.69, 9.17) is 0 Å². The Kier molecular flexibility index (Phi) is 3.72. The Bertz CT molecular complexity index is 502. The van der Waals surface area contributed by atoms with E-state index in [1.54, 1.807) is 23.3 Å². The second-order valence-corrected chi connectivity index (χ2v) is 4.52. The monoisotopic (exact) mass is 244 g/mol. The molecule has 0 atom stereocenters. The number of hydrogen-bond acceptors (Lipinski definition) is 3. The zero-order valence-corrected chi connectivity index (χ0v) is 10.5. The third-order valence-corrected chi connectivity index (χ3v) is 2.39. The first-order valence-electron chi connectivity index (χ1n) is 5.89. The topological polar surface area (TPSA) is 59.8 Å². The van der Waals surface area contributed by atoms with E-state index < -0.39 is 0 Å². The summed E-state index contributed by atoms with van der Waals surface area (Å²) in [6.45, 7) is 4.03. The van der Waals surface area contributed by atoms with E-state index in [9.17, 15) is 4.79 Å². The molecular formula is C13H16N4O. The Morgan fingerprint density at radius 2 is 2.28 bits per heavy atom. The van der Waals surface area contributed by atoms with Crippen LogP contribution in [0.2, 0.25) is 0 Å². The van der Waals surface area contributed by atoms with Gasteiger partial charge >= 0.3 is 0 Å². The number of hydrogen-bond donors (Lipinski definition) is 1. The fourth-order valence-electron chi connectivity index (χ4n) is 1.59. The Balaban J connectivity index is 2.02. The van der Waals surface area contributed by atoms with Crippen LogP contribution in [0.3, 0.4) is 0 Å². The van der Waals surface area contributed by atoms with Gasteiger partial charge in [0.1, 0.15) is 12.1 Å². The SMILES string of the molecule is CC(C)CC(=O)Nc1ccc(-n2ccnc2)nc1. The molecule has 0 aromatic carbocycles. The molecule has 2 aromatic heterocycles. The average molecular weight is 244 g/mol. The highest BCUT2D eigenvalue weighted by Gasteiger charge is 2.05. The first-order chi connectivity index (χ1) is 8.65. The molecule has 0 radical (unpaired) electrons. The molecule has 1 amide bonds. The maximum absolute atomic E-state index is 11.6. The van der Waals surface area contributed by atoms with Gasteiger partial charge < -0.3 is 5.32 Å². The molecule has 94 valence electrons. The van der Waals surface area contributed by atoms with Gasteiger partial charge in [0.2, 0.25) is 5.91 Å². The van der Waals surface area contributed by atoms with Gasteiger partial charge in [-0.15, -0.1) is 0 Å². The zero-order chi connectivity index (χ0) is 13.0. The summed E-state index contributed by atoms with van der Waals surface area (Å²) in [6, 6.07) is 3.67. The van der Waals surface area contributed by atoms with Crippen LogP contribution in [0.15, 0.2) is 37.1 Å². The number of imidazole rings is 1. The van der Waals surface area contributed by atoms with E-state index >= 15 is 0 Å². The molecule has 0 unspecified atom stereocenters. The van der Waals surface area contributed by atoms with Crippen LogP contribution in [0.4, 0.5) is 5.69 Å². The van der Waals surface area contributed by atoms with Gasteiger partial charge in [-0.3, -0.25) is 9.36 Å². The third-order valence-electron chi connectivity index (χ3n) is 2.39. The van der Waals surface area contributed by atoms with Gasteiger partial charge in [0.05, 0.1) is 11.9 Å². The average Bonchev–Trinajstić information content (AvgIpc) is 2.82. The van der Waals surface area contributed by atoms with Crippen LogP contribution in [0.25, 0.3) is 5.82 Å². The standard InChI is InChI=1S/C13H16N4O/c1-10(2)7-13(18)16-11-3-4-12(15-8-11)17-6-5-14-9-17/h3-6,8-10H,7H2,1-2H3,(H,16,18). The smallest absolute Gasteiger partial charge is 0.224 e. The molecule has 0 aliphatic carbocycles. The molecule has 18 heavy (non-hydrogen) atoms. The van der Waals surface area contributed by atoms with Crippen molar-refractivity contribution >= 4 is 11.6 Å². The lowest BCUT2D eigenvalue weighted by Gasteiger charge is -2.07. The van der Waals surface area contributed by atoms with Crippen LogP contribution in [0.1, 0.15) is 20.3 Å². The van der Waals surface area contributed by atoms with Gasteiger partial charge in [-0.1, -0.05) is 13.8 Å². The Labute approximate surface area is 106 Å². The molecule has 1 N–H and O–H groups in total. The fourth-order valence-corrected chi connectivity index (χ4v) is 1.59. The Morgan fingerprint density at radius 3 is 2.83 bits per heavy atom. The second kappa shape index (κ2) is 5.44. The molecule has 0 aliphatic rings. The fraction of sp³-hybridized carbons (Fsp3) is 0.308. The number of nitrogens with zero attached hydrogens (tertiary/aromatic N) is 3. The minimum atomic E-state index is 0.0159. The number of carbonyl (C=O) groups is 1. The quantitative estimate of drug-likeness (QED) is 0.897. The van der Waals surface area contributed by atoms with Crippen molar-refractivity contribution in [1.82, 2.24) is 14.5 Å². The Morgan fingerprint density at radius 1 is 1.44 bits per heavy atom. The molecule has 0 fully saturated rings. The van der Waals surface area contributed by atoms with E-state index in [1.807, 2.05) is 32.2 Å². The molecule has 2 heterocycles. The van der Waals surface area contributed by atoms with E-state index in [1.165, 1.54) is 0 Å². The van der Waals surface area contributed by atoms with Crippen LogP contribution in [0, 0.1) is 5.92 Å². The minimum absolute atomic E-state index is 0.0159. The van der Waals surface area contributed by atoms with Crippen molar-refractivity contribution in [1.29, 1.82) is 0 Å². The van der Waals surface area contributed by atoms with Crippen LogP contribution in [-0.2, 0) is 4.79 Å². The van der Waals surface area contributed by atoms with Crippen molar-refractivity contribution in [3.05, 3.63) is 37.1 Å². The summed E-state index contributed by atoms with van der Waals surface area (Å²) in [4.78, 5) is 19.8. The molecule has 5 heteroatoms. The highest BCUT2D eigenvalue weighted by atomic mass is 16.1. The predicted molar refractivity (Wildman–Crippen MR) is 69.4 cm³/mol. The summed E-state index contributed by atoms with van der Waals surface area (Å²) in [5.74, 6) is 1.14. The minimum Gasteiger partial charge on any atom is -0.325 e. The van der Waals surface area contributed by atoms with Gasteiger partial charge in [-0.25, -0.2) is 9.97 Å². The van der Waals surface area contributed by atoms with Gasteiger partial charge in [0, 0.05) is 18.8 Å². The summed E-state index contributed by atoms with van der Waals surface area (Å²) in [6.07, 6.45) is 7.36. The van der Waals surface area contributed by atoms with Crippen LogP contribution in [-0.4, -0.2) is 20.4 Å². The van der Waals surface area contributed by atoms with Crippen molar-refractivity contribution < 1.29 is 4.79 Å². The van der Waals surface area contributed by atoms with Gasteiger partial charge in [-0.2, -0.15) is 0 Å². The summed E-state index contributed by atoms with van der Waals surface area (Å²) in [7, 11) is 0. The summed E-state index contributed by atoms with van der Waals surface area (Å²) in [5.41, 5.74) is 0.713. The molecule has 0 saturated carbocycles. The molecule has 0 aliphatic heterocycles. The number of anilines is 1. The zero-order valence-electron chi connectivity index (χ0n) is 10.5. The van der Waals surface area contributed by atoms with Crippen LogP contribution in [0.5, 0.6) is 0 Å². The van der Waals surface area contributed by atoms with Crippen molar-refractivity contribution in [3.8, 4) is 5.82 Å². The molecule has 0 spiro atoms. The van der Waals surface area contributed by atoms with E-state index in [-0.39, 0.29) is 5.91 Å². The van der Waals surface area contributed by atoms with Crippen LogP contribution < -0.4 is 5.32 Å². The van der Waals surface area contributed by atoms with Crippen molar-refractivity contribution in [2.45, 2.75) is 20.3 Å². The Hall–Kier alpha value is -2.17. The molecule has 2 aromatic rings. The van der Waals surface area contributed by atoms with Gasteiger partial charge in [0.15, 0.2) is 0 Å². The van der Waals surface area contributed by atoms with Crippen molar-refractivity contribution in [2.75, 3.05) is 5.32 Å². The number of aromatic nitrogens is 3. The molecular weight excluding hydrogens is 228 g/mol. The summed E-state index contributed by atoms with van der Waals surface area (Å²) in [5, 5.41) is 2.82. The highest BCUT2D eigenvalue weighted by Crippen LogP contribution is 2.10. The number of amides is 1. The molecule has 0 saturated heterocycles. The molecule has 5 nitrogen and oxygen atoms in total. The lowest BCUT2D eigenvalue weighted by atomic mass is 10.1. The summed E-state index contributed by atoms with van der Waals surface area (Å²) < 4.78 is 1.81. The lowest BCUT2D eigenvalue weighted by molar-refractivity contribution is -0.116. The molecule has 2 rings (SSSR count). The number of carbonyl (C=O) groups excluding carboxylic acids is 1. The van der Waals surface area contributed by atoms with Crippen LogP contribution >= 0.6 is 0 Å². The second-order valence-electron chi connectivity index (χ2n) is 4.52. The highest BCUT2D eigenvalue weighted by molar-refractivity contribution is 5.90. The van der Waals surface area contributed by atoms with Crippen molar-refractivity contribution in [3.63, 3.8) is 0 Å². The summed E-state index contributed by atoms with van der Waals surface area (Å²) >= 11 is 0. The predicted octanol–water partition coefficient (Wildman–Crippen LogP) is 2.25. The van der Waals surface area contributed by atoms with E-state index in [0.29, 0.717) is 18.0 Å². The van der Waals surface area contributed by atoms with Crippen molar-refractivity contribution in [2.24, 2.45) is 5.92 Å². The number of pyridine rings is 1. The van der Waals surface area contributed by atoms with E-state index in [2.05, 4.69) is 15.3 Å². The maximum Gasteiger partial charge on any atom is 0.224 e. The maximum atomic E-state index is 11.6. The van der Waals surface area contributed by atoms with Gasteiger partial charge in [-0.05, 0) is 18.1 Å². The molecule has 0 bridgehead atoms.